The number of benzene rings is 2. The van der Waals surface area contributed by atoms with Gasteiger partial charge in [0.1, 0.15) is 0 Å². The predicted octanol–water partition coefficient (Wildman–Crippen LogP) is 5.30. The van der Waals surface area contributed by atoms with Crippen LogP contribution in [0.3, 0.4) is 0 Å². The number of anilines is 2. The van der Waals surface area contributed by atoms with Crippen LogP contribution in [0.1, 0.15) is 50.1 Å². The zero-order valence-corrected chi connectivity index (χ0v) is 17.8. The first-order valence-corrected chi connectivity index (χ1v) is 10.0. The van der Waals surface area contributed by atoms with Crippen LogP contribution in [0.25, 0.3) is 11.3 Å². The van der Waals surface area contributed by atoms with Crippen LogP contribution in [0.5, 0.6) is 0 Å². The number of carbonyl (C=O) groups excluding carboxylic acids is 2. The van der Waals surface area contributed by atoms with E-state index in [1.807, 2.05) is 25.1 Å². The number of carbonyl (C=O) groups is 2. The van der Waals surface area contributed by atoms with E-state index in [9.17, 15) is 9.59 Å². The largest absolute Gasteiger partial charge is 0.441 e. The summed E-state index contributed by atoms with van der Waals surface area (Å²) < 4.78 is 5.82. The van der Waals surface area contributed by atoms with Crippen LogP contribution in [0.4, 0.5) is 11.4 Å². The number of hydrogen-bond acceptors (Lipinski definition) is 4. The van der Waals surface area contributed by atoms with Crippen molar-refractivity contribution in [3.8, 4) is 11.3 Å². The van der Waals surface area contributed by atoms with Crippen LogP contribution in [-0.4, -0.2) is 16.8 Å². The average Bonchev–Trinajstić information content (AvgIpc) is 3.18. The van der Waals surface area contributed by atoms with Crippen molar-refractivity contribution in [2.24, 2.45) is 0 Å². The SMILES string of the molecule is CC(=O)Nc1ccc(C)c(NC(=O)CCc2ncc(-c3ccc(C(C)C)cc3)o2)c1. The molecule has 1 aromatic heterocycles. The van der Waals surface area contributed by atoms with Crippen molar-refractivity contribution in [1.82, 2.24) is 4.98 Å². The molecule has 3 rings (SSSR count). The van der Waals surface area contributed by atoms with Gasteiger partial charge in [0.15, 0.2) is 11.7 Å². The Morgan fingerprint density at radius 3 is 2.47 bits per heavy atom. The topological polar surface area (TPSA) is 84.2 Å². The molecule has 2 N–H and O–H groups in total. The van der Waals surface area contributed by atoms with Crippen LogP contribution in [0.2, 0.25) is 0 Å². The summed E-state index contributed by atoms with van der Waals surface area (Å²) in [6.45, 7) is 7.66. The molecule has 0 aliphatic heterocycles. The molecule has 2 amide bonds. The summed E-state index contributed by atoms with van der Waals surface area (Å²) in [5, 5.41) is 5.61. The fourth-order valence-corrected chi connectivity index (χ4v) is 3.06. The second-order valence-electron chi connectivity index (χ2n) is 7.65. The molecule has 0 aliphatic carbocycles. The Hall–Kier alpha value is -3.41. The highest BCUT2D eigenvalue weighted by Crippen LogP contribution is 2.24. The number of aryl methyl sites for hydroxylation is 2. The lowest BCUT2D eigenvalue weighted by Gasteiger charge is -2.10. The molecule has 0 radical (unpaired) electrons. The van der Waals surface area contributed by atoms with Crippen molar-refractivity contribution in [2.75, 3.05) is 10.6 Å². The van der Waals surface area contributed by atoms with Crippen molar-refractivity contribution in [3.05, 3.63) is 65.7 Å². The molecule has 1 heterocycles. The number of aromatic nitrogens is 1. The second-order valence-corrected chi connectivity index (χ2v) is 7.65. The first-order chi connectivity index (χ1) is 14.3. The Kier molecular flexibility index (Phi) is 6.67. The number of nitrogens with zero attached hydrogens (tertiary/aromatic N) is 1. The van der Waals surface area contributed by atoms with Gasteiger partial charge in [-0.2, -0.15) is 0 Å². The quantitative estimate of drug-likeness (QED) is 0.558. The van der Waals surface area contributed by atoms with Crippen molar-refractivity contribution in [3.63, 3.8) is 0 Å². The summed E-state index contributed by atoms with van der Waals surface area (Å²) in [4.78, 5) is 27.9. The first kappa shape index (κ1) is 21.3. The highest BCUT2D eigenvalue weighted by Gasteiger charge is 2.11. The Labute approximate surface area is 176 Å². The van der Waals surface area contributed by atoms with E-state index in [4.69, 9.17) is 4.42 Å². The van der Waals surface area contributed by atoms with Crippen LogP contribution in [-0.2, 0) is 16.0 Å². The van der Waals surface area contributed by atoms with Crippen molar-refractivity contribution in [2.45, 2.75) is 46.5 Å². The van der Waals surface area contributed by atoms with E-state index < -0.39 is 0 Å². The van der Waals surface area contributed by atoms with E-state index >= 15 is 0 Å². The van der Waals surface area contributed by atoms with Gasteiger partial charge in [-0.3, -0.25) is 9.59 Å². The first-order valence-electron chi connectivity index (χ1n) is 10.0. The zero-order chi connectivity index (χ0) is 21.7. The zero-order valence-electron chi connectivity index (χ0n) is 17.8. The van der Waals surface area contributed by atoms with Crippen LogP contribution in [0, 0.1) is 6.92 Å². The monoisotopic (exact) mass is 405 g/mol. The van der Waals surface area contributed by atoms with Crippen molar-refractivity contribution in [1.29, 1.82) is 0 Å². The van der Waals surface area contributed by atoms with Crippen molar-refractivity contribution >= 4 is 23.2 Å². The van der Waals surface area contributed by atoms with Crippen molar-refractivity contribution < 1.29 is 14.0 Å². The summed E-state index contributed by atoms with van der Waals surface area (Å²) in [5.41, 5.74) is 4.47. The Balaban J connectivity index is 1.59. The molecule has 3 aromatic rings. The minimum Gasteiger partial charge on any atom is -0.441 e. The normalized spacial score (nSPS) is 10.8. The third kappa shape index (κ3) is 5.56. The van der Waals surface area contributed by atoms with Crippen LogP contribution < -0.4 is 10.6 Å². The maximum Gasteiger partial charge on any atom is 0.224 e. The second kappa shape index (κ2) is 9.39. The Morgan fingerprint density at radius 2 is 1.80 bits per heavy atom. The molecule has 0 aliphatic rings. The Bertz CT molecular complexity index is 1040. The summed E-state index contributed by atoms with van der Waals surface area (Å²) in [6.07, 6.45) is 2.34. The number of rotatable bonds is 7. The van der Waals surface area contributed by atoms with Gasteiger partial charge in [-0.25, -0.2) is 4.98 Å². The molecule has 0 saturated heterocycles. The lowest BCUT2D eigenvalue weighted by Crippen LogP contribution is -2.14. The molecule has 156 valence electrons. The summed E-state index contributed by atoms with van der Waals surface area (Å²) in [7, 11) is 0. The lowest BCUT2D eigenvalue weighted by atomic mass is 10.0. The lowest BCUT2D eigenvalue weighted by molar-refractivity contribution is -0.116. The van der Waals surface area contributed by atoms with Gasteiger partial charge in [-0.05, 0) is 36.1 Å². The Morgan fingerprint density at radius 1 is 1.07 bits per heavy atom. The molecule has 0 saturated carbocycles. The summed E-state index contributed by atoms with van der Waals surface area (Å²) >= 11 is 0. The van der Waals surface area contributed by atoms with Gasteiger partial charge < -0.3 is 15.1 Å². The standard InChI is InChI=1S/C24H27N3O3/c1-15(2)18-6-8-19(9-7-18)22-14-25-24(30-22)12-11-23(29)27-21-13-20(26-17(4)28)10-5-16(21)3/h5-10,13-15H,11-12H2,1-4H3,(H,26,28)(H,27,29). The number of hydrogen-bond donors (Lipinski definition) is 2. The molecule has 6 nitrogen and oxygen atoms in total. The van der Waals surface area contributed by atoms with E-state index in [2.05, 4.69) is 41.6 Å². The molecular weight excluding hydrogens is 378 g/mol. The van der Waals surface area contributed by atoms with Crippen LogP contribution >= 0.6 is 0 Å². The van der Waals surface area contributed by atoms with E-state index in [0.29, 0.717) is 35.4 Å². The molecule has 0 atom stereocenters. The van der Waals surface area contributed by atoms with E-state index in [-0.39, 0.29) is 18.2 Å². The molecule has 2 aromatic carbocycles. The minimum atomic E-state index is -0.158. The number of nitrogens with one attached hydrogen (secondary N) is 2. The number of oxazole rings is 1. The molecule has 0 fully saturated rings. The summed E-state index contributed by atoms with van der Waals surface area (Å²) in [5.74, 6) is 1.40. The third-order valence-corrected chi connectivity index (χ3v) is 4.81. The van der Waals surface area contributed by atoms with E-state index in [1.54, 1.807) is 18.3 Å². The van der Waals surface area contributed by atoms with Gasteiger partial charge in [0, 0.05) is 36.7 Å². The maximum absolute atomic E-state index is 12.4. The van der Waals surface area contributed by atoms with Gasteiger partial charge in [0.25, 0.3) is 0 Å². The maximum atomic E-state index is 12.4. The fourth-order valence-electron chi connectivity index (χ4n) is 3.06. The van der Waals surface area contributed by atoms with Gasteiger partial charge in [0.2, 0.25) is 11.8 Å². The number of amides is 2. The predicted molar refractivity (Wildman–Crippen MR) is 118 cm³/mol. The molecule has 0 spiro atoms. The fraction of sp³-hybridized carbons (Fsp3) is 0.292. The highest BCUT2D eigenvalue weighted by atomic mass is 16.4. The molecule has 30 heavy (non-hydrogen) atoms. The molecule has 6 heteroatoms. The van der Waals surface area contributed by atoms with Gasteiger partial charge in [-0.1, -0.05) is 44.2 Å². The average molecular weight is 405 g/mol. The van der Waals surface area contributed by atoms with Gasteiger partial charge in [0.05, 0.1) is 6.20 Å². The van der Waals surface area contributed by atoms with Gasteiger partial charge in [-0.15, -0.1) is 0 Å². The minimum absolute atomic E-state index is 0.140. The molecule has 0 bridgehead atoms. The van der Waals surface area contributed by atoms with Gasteiger partial charge >= 0.3 is 0 Å². The van der Waals surface area contributed by atoms with E-state index in [0.717, 1.165) is 11.1 Å². The molecular formula is C24H27N3O3. The molecule has 0 unspecified atom stereocenters. The van der Waals surface area contributed by atoms with E-state index in [1.165, 1.54) is 12.5 Å². The van der Waals surface area contributed by atoms with Crippen LogP contribution in [0.15, 0.2) is 53.1 Å². The summed E-state index contributed by atoms with van der Waals surface area (Å²) in [6, 6.07) is 13.6. The highest BCUT2D eigenvalue weighted by molar-refractivity contribution is 5.94. The smallest absolute Gasteiger partial charge is 0.224 e. The third-order valence-electron chi connectivity index (χ3n) is 4.81.